The minimum absolute atomic E-state index is 0.113. The van der Waals surface area contributed by atoms with E-state index in [1.54, 1.807) is 4.90 Å². The van der Waals surface area contributed by atoms with Crippen molar-refractivity contribution >= 4 is 17.6 Å². The summed E-state index contributed by atoms with van der Waals surface area (Å²) in [5, 5.41) is 7.52. The van der Waals surface area contributed by atoms with E-state index in [1.807, 2.05) is 0 Å². The first-order valence-corrected chi connectivity index (χ1v) is 4.85. The summed E-state index contributed by atoms with van der Waals surface area (Å²) in [5.74, 6) is 0. The van der Waals surface area contributed by atoms with Crippen LogP contribution in [0.25, 0.3) is 0 Å². The first kappa shape index (κ1) is 9.48. The molecule has 0 aromatic carbocycles. The van der Waals surface area contributed by atoms with Crippen molar-refractivity contribution in [1.29, 1.82) is 0 Å². The highest BCUT2D eigenvalue weighted by Gasteiger charge is 2.18. The van der Waals surface area contributed by atoms with Crippen LogP contribution in [0.1, 0.15) is 0 Å². The summed E-state index contributed by atoms with van der Waals surface area (Å²) in [6.07, 6.45) is 2.98. The molecular formula is C8H11ClN4O. The SMILES string of the molecule is O=C(N1CCNCC1)n1cc(Cl)cn1. The lowest BCUT2D eigenvalue weighted by Crippen LogP contribution is -2.48. The molecule has 2 rings (SSSR count). The number of amides is 1. The van der Waals surface area contributed by atoms with Gasteiger partial charge in [-0.05, 0) is 0 Å². The van der Waals surface area contributed by atoms with Gasteiger partial charge in [-0.25, -0.2) is 4.79 Å². The van der Waals surface area contributed by atoms with E-state index < -0.39 is 0 Å². The molecule has 0 bridgehead atoms. The molecule has 1 N–H and O–H groups in total. The van der Waals surface area contributed by atoms with Gasteiger partial charge in [0.25, 0.3) is 0 Å². The number of rotatable bonds is 0. The van der Waals surface area contributed by atoms with Crippen LogP contribution in [0.2, 0.25) is 5.02 Å². The van der Waals surface area contributed by atoms with Gasteiger partial charge >= 0.3 is 6.03 Å². The van der Waals surface area contributed by atoms with Crippen molar-refractivity contribution in [2.75, 3.05) is 26.2 Å². The van der Waals surface area contributed by atoms with Crippen molar-refractivity contribution in [2.45, 2.75) is 0 Å². The van der Waals surface area contributed by atoms with Gasteiger partial charge in [0.1, 0.15) is 0 Å². The predicted molar refractivity (Wildman–Crippen MR) is 52.5 cm³/mol. The molecule has 0 atom stereocenters. The maximum atomic E-state index is 11.8. The van der Waals surface area contributed by atoms with Crippen molar-refractivity contribution < 1.29 is 4.79 Å². The van der Waals surface area contributed by atoms with E-state index in [9.17, 15) is 4.79 Å². The summed E-state index contributed by atoms with van der Waals surface area (Å²) in [5.41, 5.74) is 0. The number of hydrogen-bond donors (Lipinski definition) is 1. The molecule has 0 unspecified atom stereocenters. The van der Waals surface area contributed by atoms with Crippen molar-refractivity contribution in [2.24, 2.45) is 0 Å². The fourth-order valence-corrected chi connectivity index (χ4v) is 1.54. The van der Waals surface area contributed by atoms with Crippen LogP contribution in [0.4, 0.5) is 4.79 Å². The van der Waals surface area contributed by atoms with Gasteiger partial charge in [-0.2, -0.15) is 9.78 Å². The minimum atomic E-state index is -0.113. The molecule has 2 heterocycles. The van der Waals surface area contributed by atoms with Crippen molar-refractivity contribution in [3.05, 3.63) is 17.4 Å². The second-order valence-corrected chi connectivity index (χ2v) is 3.56. The standard InChI is InChI=1S/C8H11ClN4O/c9-7-5-11-13(6-7)8(14)12-3-1-10-2-4-12/h5-6,10H,1-4H2. The average Bonchev–Trinajstić information content (AvgIpc) is 2.65. The summed E-state index contributed by atoms with van der Waals surface area (Å²) in [6.45, 7) is 3.11. The number of piperazine rings is 1. The molecule has 0 radical (unpaired) electrons. The molecule has 1 amide bonds. The van der Waals surface area contributed by atoms with Crippen LogP contribution >= 0.6 is 11.6 Å². The first-order chi connectivity index (χ1) is 6.77. The third-order valence-corrected chi connectivity index (χ3v) is 2.33. The molecule has 1 fully saturated rings. The first-order valence-electron chi connectivity index (χ1n) is 4.47. The van der Waals surface area contributed by atoms with Gasteiger partial charge in [-0.1, -0.05) is 11.6 Å². The van der Waals surface area contributed by atoms with Gasteiger partial charge < -0.3 is 10.2 Å². The van der Waals surface area contributed by atoms with Gasteiger partial charge in [-0.15, -0.1) is 0 Å². The topological polar surface area (TPSA) is 50.2 Å². The second-order valence-electron chi connectivity index (χ2n) is 3.12. The molecule has 6 heteroatoms. The minimum Gasteiger partial charge on any atom is -0.320 e. The second kappa shape index (κ2) is 3.98. The molecule has 1 saturated heterocycles. The molecule has 0 saturated carbocycles. The highest BCUT2D eigenvalue weighted by molar-refractivity contribution is 6.30. The largest absolute Gasteiger partial charge is 0.344 e. The third kappa shape index (κ3) is 1.88. The van der Waals surface area contributed by atoms with E-state index in [0.717, 1.165) is 26.2 Å². The number of carbonyl (C=O) groups excluding carboxylic acids is 1. The van der Waals surface area contributed by atoms with Crippen LogP contribution in [0, 0.1) is 0 Å². The van der Waals surface area contributed by atoms with E-state index in [1.165, 1.54) is 17.1 Å². The van der Waals surface area contributed by atoms with E-state index in [2.05, 4.69) is 10.4 Å². The maximum absolute atomic E-state index is 11.8. The Balaban J connectivity index is 2.07. The molecule has 5 nitrogen and oxygen atoms in total. The molecule has 1 aliphatic rings. The monoisotopic (exact) mass is 214 g/mol. The van der Waals surface area contributed by atoms with Gasteiger partial charge in [0.05, 0.1) is 17.4 Å². The zero-order valence-corrected chi connectivity index (χ0v) is 8.37. The zero-order valence-electron chi connectivity index (χ0n) is 7.61. The van der Waals surface area contributed by atoms with E-state index in [4.69, 9.17) is 11.6 Å². The highest BCUT2D eigenvalue weighted by Crippen LogP contribution is 2.06. The summed E-state index contributed by atoms with van der Waals surface area (Å²) in [7, 11) is 0. The van der Waals surface area contributed by atoms with Crippen LogP contribution in [-0.2, 0) is 0 Å². The predicted octanol–water partition coefficient (Wildman–Crippen LogP) is 0.410. The summed E-state index contributed by atoms with van der Waals surface area (Å²) >= 11 is 5.68. The molecule has 0 spiro atoms. The lowest BCUT2D eigenvalue weighted by atomic mass is 10.4. The third-order valence-electron chi connectivity index (χ3n) is 2.13. The fourth-order valence-electron chi connectivity index (χ4n) is 1.41. The highest BCUT2D eigenvalue weighted by atomic mass is 35.5. The van der Waals surface area contributed by atoms with Gasteiger partial charge in [-0.3, -0.25) is 0 Å². The van der Waals surface area contributed by atoms with Crippen molar-refractivity contribution in [3.63, 3.8) is 0 Å². The zero-order chi connectivity index (χ0) is 9.97. The number of aromatic nitrogens is 2. The average molecular weight is 215 g/mol. The molecule has 1 aliphatic heterocycles. The smallest absolute Gasteiger partial charge is 0.320 e. The summed E-state index contributed by atoms with van der Waals surface area (Å²) < 4.78 is 1.27. The number of carbonyl (C=O) groups is 1. The lowest BCUT2D eigenvalue weighted by molar-refractivity contribution is 0.188. The Labute approximate surface area is 86.6 Å². The Bertz CT molecular complexity index is 332. The number of halogens is 1. The van der Waals surface area contributed by atoms with E-state index in [0.29, 0.717) is 5.02 Å². The summed E-state index contributed by atoms with van der Waals surface area (Å²) in [6, 6.07) is -0.113. The fraction of sp³-hybridized carbons (Fsp3) is 0.500. The Hall–Kier alpha value is -1.07. The Morgan fingerprint density at radius 2 is 2.21 bits per heavy atom. The quantitative estimate of drug-likeness (QED) is 0.681. The molecule has 1 aromatic rings. The molecule has 0 aliphatic carbocycles. The maximum Gasteiger partial charge on any atom is 0.344 e. The van der Waals surface area contributed by atoms with Gasteiger partial charge in [0, 0.05) is 26.2 Å². The number of nitrogens with one attached hydrogen (secondary N) is 1. The normalized spacial score (nSPS) is 17.1. The van der Waals surface area contributed by atoms with Crippen LogP contribution in [0.5, 0.6) is 0 Å². The number of hydrogen-bond acceptors (Lipinski definition) is 3. The molecule has 14 heavy (non-hydrogen) atoms. The van der Waals surface area contributed by atoms with Crippen LogP contribution in [0.15, 0.2) is 12.4 Å². The Kier molecular flexibility index (Phi) is 2.69. The Morgan fingerprint density at radius 3 is 2.79 bits per heavy atom. The van der Waals surface area contributed by atoms with Crippen molar-refractivity contribution in [1.82, 2.24) is 20.0 Å². The summed E-state index contributed by atoms with van der Waals surface area (Å²) in [4.78, 5) is 13.5. The molecular weight excluding hydrogens is 204 g/mol. The van der Waals surface area contributed by atoms with Crippen LogP contribution in [0.3, 0.4) is 0 Å². The molecule has 1 aromatic heterocycles. The van der Waals surface area contributed by atoms with Gasteiger partial charge in [0.15, 0.2) is 0 Å². The van der Waals surface area contributed by atoms with E-state index >= 15 is 0 Å². The van der Waals surface area contributed by atoms with Crippen LogP contribution in [-0.4, -0.2) is 46.9 Å². The number of nitrogens with zero attached hydrogens (tertiary/aromatic N) is 3. The van der Waals surface area contributed by atoms with Crippen LogP contribution < -0.4 is 5.32 Å². The van der Waals surface area contributed by atoms with E-state index in [-0.39, 0.29) is 6.03 Å². The molecule has 76 valence electrons. The lowest BCUT2D eigenvalue weighted by Gasteiger charge is -2.26. The van der Waals surface area contributed by atoms with Gasteiger partial charge in [0.2, 0.25) is 0 Å². The Morgan fingerprint density at radius 1 is 1.50 bits per heavy atom. The van der Waals surface area contributed by atoms with Crippen molar-refractivity contribution in [3.8, 4) is 0 Å².